The molecular weight excluding hydrogens is 175 g/mol. The second-order valence-electron chi connectivity index (χ2n) is 1.58. The van der Waals surface area contributed by atoms with Gasteiger partial charge in [-0.2, -0.15) is 22.0 Å². The van der Waals surface area contributed by atoms with E-state index >= 15 is 0 Å². The molecule has 0 fully saturated rings. The van der Waals surface area contributed by atoms with Crippen molar-refractivity contribution in [2.75, 3.05) is 0 Å². The van der Waals surface area contributed by atoms with E-state index in [-0.39, 0.29) is 0 Å². The molecule has 2 nitrogen and oxygen atoms in total. The minimum Gasteiger partial charge on any atom is -0.260 e. The summed E-state index contributed by atoms with van der Waals surface area (Å²) in [6, 6.07) is -6.07. The normalized spacial score (nSPS) is 11.8. The SMILES string of the molecule is O=C(F)C(C(=O)F)C(F)(F)F. The lowest BCUT2D eigenvalue weighted by Gasteiger charge is -2.08. The predicted molar refractivity (Wildman–Crippen MR) is 21.8 cm³/mol. The van der Waals surface area contributed by atoms with Crippen molar-refractivity contribution in [1.82, 2.24) is 0 Å². The summed E-state index contributed by atoms with van der Waals surface area (Å²) >= 11 is 0. The van der Waals surface area contributed by atoms with E-state index in [0.29, 0.717) is 0 Å². The fourth-order valence-electron chi connectivity index (χ4n) is 0.347. The molecule has 0 aromatic rings. The van der Waals surface area contributed by atoms with Crippen LogP contribution < -0.4 is 0 Å². The summed E-state index contributed by atoms with van der Waals surface area (Å²) < 4.78 is 56.5. The minimum absolute atomic E-state index is 3.04. The summed E-state index contributed by atoms with van der Waals surface area (Å²) in [5.74, 6) is -3.78. The number of carbonyl (C=O) groups is 2. The Labute approximate surface area is 57.0 Å². The Balaban J connectivity index is 4.63. The molecule has 0 unspecified atom stereocenters. The number of carbonyl (C=O) groups excluding carboxylic acids is 2. The number of hydrogen-bond donors (Lipinski definition) is 0. The maximum Gasteiger partial charge on any atom is 0.411 e. The Morgan fingerprint density at radius 3 is 1.27 bits per heavy atom. The maximum absolute atomic E-state index is 11.3. The molecule has 64 valence electrons. The van der Waals surface area contributed by atoms with Gasteiger partial charge in [-0.3, -0.25) is 9.59 Å². The number of hydrogen-bond acceptors (Lipinski definition) is 2. The van der Waals surface area contributed by atoms with Crippen LogP contribution in [0, 0.1) is 5.92 Å². The maximum atomic E-state index is 11.3. The molecule has 0 spiro atoms. The average Bonchev–Trinajstić information content (AvgIpc) is 1.54. The fraction of sp³-hybridized carbons (Fsp3) is 0.500. The first-order chi connectivity index (χ1) is 4.76. The largest absolute Gasteiger partial charge is 0.411 e. The minimum atomic E-state index is -5.49. The Morgan fingerprint density at radius 1 is 1.00 bits per heavy atom. The first-order valence-electron chi connectivity index (χ1n) is 2.22. The molecule has 0 rings (SSSR count). The standard InChI is InChI=1S/C4HF5O2/c5-2(10)1(3(6)11)4(7,8)9/h1H. The summed E-state index contributed by atoms with van der Waals surface area (Å²) in [7, 11) is 0. The van der Waals surface area contributed by atoms with E-state index in [1.807, 2.05) is 0 Å². The summed E-state index contributed by atoms with van der Waals surface area (Å²) in [4.78, 5) is 18.8. The molecule has 0 aliphatic heterocycles. The molecule has 0 saturated carbocycles. The molecule has 11 heavy (non-hydrogen) atoms. The molecule has 0 heterocycles. The lowest BCUT2D eigenvalue weighted by atomic mass is 10.2. The molecule has 0 aliphatic carbocycles. The van der Waals surface area contributed by atoms with Crippen LogP contribution in [0.3, 0.4) is 0 Å². The van der Waals surface area contributed by atoms with Crippen molar-refractivity contribution in [2.24, 2.45) is 5.92 Å². The highest BCUT2D eigenvalue weighted by atomic mass is 19.4. The van der Waals surface area contributed by atoms with Gasteiger partial charge in [-0.25, -0.2) is 0 Å². The second-order valence-corrected chi connectivity index (χ2v) is 1.58. The van der Waals surface area contributed by atoms with Crippen molar-refractivity contribution >= 4 is 12.1 Å². The van der Waals surface area contributed by atoms with Crippen LogP contribution in [0.15, 0.2) is 0 Å². The zero-order valence-corrected chi connectivity index (χ0v) is 4.78. The van der Waals surface area contributed by atoms with Crippen LogP contribution >= 0.6 is 0 Å². The molecule has 0 aliphatic rings. The number of halogens is 5. The van der Waals surface area contributed by atoms with Crippen molar-refractivity contribution in [2.45, 2.75) is 6.18 Å². The Kier molecular flexibility index (Phi) is 2.66. The third-order valence-electron chi connectivity index (χ3n) is 0.781. The van der Waals surface area contributed by atoms with Gasteiger partial charge in [-0.05, 0) is 0 Å². The summed E-state index contributed by atoms with van der Waals surface area (Å²) in [5.41, 5.74) is 0. The van der Waals surface area contributed by atoms with Gasteiger partial charge in [0.05, 0.1) is 0 Å². The van der Waals surface area contributed by atoms with Crippen LogP contribution in [0.5, 0.6) is 0 Å². The van der Waals surface area contributed by atoms with Gasteiger partial charge < -0.3 is 0 Å². The van der Waals surface area contributed by atoms with Crippen molar-refractivity contribution in [3.05, 3.63) is 0 Å². The van der Waals surface area contributed by atoms with E-state index in [4.69, 9.17) is 0 Å². The van der Waals surface area contributed by atoms with E-state index in [9.17, 15) is 31.5 Å². The van der Waals surface area contributed by atoms with Gasteiger partial charge in [0.2, 0.25) is 5.92 Å². The third kappa shape index (κ3) is 2.60. The zero-order valence-electron chi connectivity index (χ0n) is 4.78. The molecule has 0 bridgehead atoms. The van der Waals surface area contributed by atoms with Crippen LogP contribution in [0.2, 0.25) is 0 Å². The van der Waals surface area contributed by atoms with Crippen molar-refractivity contribution in [1.29, 1.82) is 0 Å². The molecular formula is C4HF5O2. The van der Waals surface area contributed by atoms with Crippen molar-refractivity contribution < 1.29 is 31.5 Å². The molecule has 0 N–H and O–H groups in total. The van der Waals surface area contributed by atoms with Crippen LogP contribution in [0.25, 0.3) is 0 Å². The molecule has 0 amide bonds. The molecule has 0 saturated heterocycles. The highest BCUT2D eigenvalue weighted by Crippen LogP contribution is 2.28. The topological polar surface area (TPSA) is 34.1 Å². The van der Waals surface area contributed by atoms with Crippen LogP contribution in [-0.2, 0) is 9.59 Å². The van der Waals surface area contributed by atoms with Gasteiger partial charge in [-0.15, -0.1) is 0 Å². The van der Waals surface area contributed by atoms with E-state index in [0.717, 1.165) is 0 Å². The lowest BCUT2D eigenvalue weighted by Crippen LogP contribution is -2.33. The van der Waals surface area contributed by atoms with E-state index in [1.165, 1.54) is 0 Å². The monoisotopic (exact) mass is 176 g/mol. The van der Waals surface area contributed by atoms with Crippen LogP contribution in [-0.4, -0.2) is 18.3 Å². The van der Waals surface area contributed by atoms with Crippen LogP contribution in [0.4, 0.5) is 22.0 Å². The smallest absolute Gasteiger partial charge is 0.260 e. The zero-order chi connectivity index (χ0) is 9.23. The first-order valence-corrected chi connectivity index (χ1v) is 2.22. The second kappa shape index (κ2) is 2.93. The van der Waals surface area contributed by atoms with Gasteiger partial charge in [0.25, 0.3) is 0 Å². The predicted octanol–water partition coefficient (Wildman–Crippen LogP) is 1.16. The third-order valence-corrected chi connectivity index (χ3v) is 0.781. The van der Waals surface area contributed by atoms with Gasteiger partial charge in [-0.1, -0.05) is 0 Å². The summed E-state index contributed by atoms with van der Waals surface area (Å²) in [6.07, 6.45) is -5.49. The molecule has 0 atom stereocenters. The van der Waals surface area contributed by atoms with Gasteiger partial charge >= 0.3 is 18.3 Å². The Bertz CT molecular complexity index is 169. The highest BCUT2D eigenvalue weighted by Gasteiger charge is 2.51. The molecule has 7 heteroatoms. The van der Waals surface area contributed by atoms with Gasteiger partial charge in [0.15, 0.2) is 0 Å². The van der Waals surface area contributed by atoms with Crippen molar-refractivity contribution in [3.63, 3.8) is 0 Å². The number of alkyl halides is 3. The van der Waals surface area contributed by atoms with E-state index in [1.54, 1.807) is 0 Å². The first kappa shape index (κ1) is 9.99. The van der Waals surface area contributed by atoms with Crippen LogP contribution in [0.1, 0.15) is 0 Å². The molecule has 0 radical (unpaired) electrons. The van der Waals surface area contributed by atoms with Gasteiger partial charge in [0, 0.05) is 0 Å². The van der Waals surface area contributed by atoms with Crippen molar-refractivity contribution in [3.8, 4) is 0 Å². The molecule has 0 aromatic heterocycles. The highest BCUT2D eigenvalue weighted by molar-refractivity contribution is 5.94. The Morgan fingerprint density at radius 2 is 1.27 bits per heavy atom. The quantitative estimate of drug-likeness (QED) is 0.359. The fourth-order valence-corrected chi connectivity index (χ4v) is 0.347. The summed E-state index contributed by atoms with van der Waals surface area (Å²) in [6.45, 7) is 0. The van der Waals surface area contributed by atoms with Gasteiger partial charge in [0.1, 0.15) is 0 Å². The average molecular weight is 176 g/mol. The lowest BCUT2D eigenvalue weighted by molar-refractivity contribution is -0.195. The molecule has 0 aromatic carbocycles. The summed E-state index contributed by atoms with van der Waals surface area (Å²) in [5, 5.41) is 0. The number of rotatable bonds is 2. The van der Waals surface area contributed by atoms with E-state index < -0.39 is 24.2 Å². The van der Waals surface area contributed by atoms with E-state index in [2.05, 4.69) is 0 Å². The Hall–Kier alpha value is -1.01.